The molecule has 0 amide bonds. The Morgan fingerprint density at radius 2 is 0.528 bits per heavy atom. The van der Waals surface area contributed by atoms with Crippen molar-refractivity contribution in [3.63, 3.8) is 0 Å². The highest BCUT2D eigenvalue weighted by Gasteiger charge is 3.11. The summed E-state index contributed by atoms with van der Waals surface area (Å²) in [5.74, 6) is -72.2. The molecule has 0 aliphatic heterocycles. The minimum Gasteiger partial charge on any atom is -0.226 e. The van der Waals surface area contributed by atoms with E-state index in [-0.39, 0.29) is 0 Å². The summed E-state index contributed by atoms with van der Waals surface area (Å²) in [7, 11) is 0. The molecule has 0 aromatic carbocycles. The molecule has 1 saturated carbocycles. The molecule has 1 atom stereocenters. The first-order chi connectivity index (χ1) is 15.0. The van der Waals surface area contributed by atoms with Gasteiger partial charge in [-0.05, 0) is 0 Å². The molecule has 0 aromatic rings. The smallest absolute Gasteiger partial charge is 0.226 e. The van der Waals surface area contributed by atoms with E-state index in [2.05, 4.69) is 0 Å². The van der Waals surface area contributed by atoms with Crippen LogP contribution in [0.4, 0.5) is 105 Å². The van der Waals surface area contributed by atoms with Gasteiger partial charge in [0.15, 0.2) is 0 Å². The van der Waals surface area contributed by atoms with Crippen molar-refractivity contribution in [2.75, 3.05) is 0 Å². The summed E-state index contributed by atoms with van der Waals surface area (Å²) < 4.78 is 316. The van der Waals surface area contributed by atoms with Gasteiger partial charge in [-0.25, -0.2) is 8.78 Å². The summed E-state index contributed by atoms with van der Waals surface area (Å²) in [6.07, 6.45) is -17.4. The molecule has 0 N–H and O–H groups in total. The molecule has 36 heavy (non-hydrogen) atoms. The van der Waals surface area contributed by atoms with Crippen LogP contribution >= 0.6 is 0 Å². The Morgan fingerprint density at radius 3 is 0.750 bits per heavy atom. The zero-order valence-corrected chi connectivity index (χ0v) is 15.1. The van der Waals surface area contributed by atoms with E-state index in [1.807, 2.05) is 0 Å². The van der Waals surface area contributed by atoms with Crippen LogP contribution in [0.15, 0.2) is 0 Å². The number of hydrogen-bond acceptors (Lipinski definition) is 0. The molecular formula is C12F24. The van der Waals surface area contributed by atoms with E-state index in [1.54, 1.807) is 0 Å². The molecule has 0 spiro atoms. The van der Waals surface area contributed by atoms with E-state index in [1.165, 1.54) is 0 Å². The Bertz CT molecular complexity index is 843. The van der Waals surface area contributed by atoms with Gasteiger partial charge < -0.3 is 0 Å². The molecule has 216 valence electrons. The Kier molecular flexibility index (Phi) is 6.32. The fourth-order valence-corrected chi connectivity index (χ4v) is 2.84. The summed E-state index contributed by atoms with van der Waals surface area (Å²) >= 11 is 0. The first kappa shape index (κ1) is 32.3. The van der Waals surface area contributed by atoms with Crippen molar-refractivity contribution < 1.29 is 105 Å². The zero-order valence-electron chi connectivity index (χ0n) is 15.1. The van der Waals surface area contributed by atoms with Crippen LogP contribution in [0.1, 0.15) is 0 Å². The van der Waals surface area contributed by atoms with Crippen LogP contribution in [0.2, 0.25) is 0 Å². The van der Waals surface area contributed by atoms with Crippen molar-refractivity contribution in [3.8, 4) is 0 Å². The molecule has 1 fully saturated rings. The van der Waals surface area contributed by atoms with Crippen LogP contribution in [0.5, 0.6) is 0 Å². The topological polar surface area (TPSA) is 0 Å². The summed E-state index contributed by atoms with van der Waals surface area (Å²) in [5, 5.41) is 0. The van der Waals surface area contributed by atoms with Crippen molar-refractivity contribution in [3.05, 3.63) is 0 Å². The van der Waals surface area contributed by atoms with E-state index < -0.39 is 71.1 Å². The second kappa shape index (κ2) is 7.04. The van der Waals surface area contributed by atoms with E-state index in [9.17, 15) is 105 Å². The Labute approximate surface area is 178 Å². The maximum Gasteiger partial charge on any atom is 0.460 e. The number of hydrogen-bond donors (Lipinski definition) is 0. The molecule has 1 unspecified atom stereocenters. The molecule has 1 aliphatic rings. The predicted octanol–water partition coefficient (Wildman–Crippen LogP) is 7.62. The van der Waals surface area contributed by atoms with Gasteiger partial charge in [-0.15, -0.1) is 0 Å². The number of rotatable bonds is 5. The molecular weight excluding hydrogens is 600 g/mol. The molecule has 0 radical (unpaired) electrons. The van der Waals surface area contributed by atoms with Gasteiger partial charge in [0, 0.05) is 0 Å². The third kappa shape index (κ3) is 2.80. The maximum atomic E-state index is 14.3. The zero-order chi connectivity index (χ0) is 30.0. The molecule has 0 bridgehead atoms. The molecule has 1 rings (SSSR count). The predicted molar refractivity (Wildman–Crippen MR) is 59.4 cm³/mol. The number of halogens is 24. The van der Waals surface area contributed by atoms with Gasteiger partial charge in [0.2, 0.25) is 0 Å². The summed E-state index contributed by atoms with van der Waals surface area (Å²) in [4.78, 5) is 0. The molecule has 1 aliphatic carbocycles. The molecule has 24 heteroatoms. The highest BCUT2D eigenvalue weighted by atomic mass is 19.4. The van der Waals surface area contributed by atoms with E-state index >= 15 is 0 Å². The lowest BCUT2D eigenvalue weighted by molar-refractivity contribution is -0.471. The van der Waals surface area contributed by atoms with Crippen molar-refractivity contribution in [2.24, 2.45) is 0 Å². The van der Waals surface area contributed by atoms with Crippen LogP contribution in [-0.2, 0) is 0 Å². The van der Waals surface area contributed by atoms with Crippen LogP contribution in [0.3, 0.4) is 0 Å². The van der Waals surface area contributed by atoms with Gasteiger partial charge >= 0.3 is 65.4 Å². The van der Waals surface area contributed by atoms with Gasteiger partial charge in [0.05, 0.1) is 0 Å². The van der Waals surface area contributed by atoms with E-state index in [0.717, 1.165) is 0 Å². The lowest BCUT2D eigenvalue weighted by Crippen LogP contribution is -2.83. The normalized spacial score (nSPS) is 26.0. The van der Waals surface area contributed by atoms with Gasteiger partial charge in [0.25, 0.3) is 5.67 Å². The average Bonchev–Trinajstić information content (AvgIpc) is 2.67. The molecule has 0 saturated heterocycles. The second-order valence-electron chi connectivity index (χ2n) is 6.91. The SMILES string of the molecule is FC(F)(F)C(F)(F)C(F)(F)C(F)(F)C(F)(F)C(F)(C(F)(F)F)C1(F)C(F)(F)C(F)(F)C(F)(F)C1(F)F. The Balaban J connectivity index is 4.34. The van der Waals surface area contributed by atoms with E-state index in [4.69, 9.17) is 0 Å². The van der Waals surface area contributed by atoms with Gasteiger partial charge in [0.1, 0.15) is 0 Å². The highest BCUT2D eigenvalue weighted by Crippen LogP contribution is 2.77. The summed E-state index contributed by atoms with van der Waals surface area (Å²) in [6.45, 7) is 0. The first-order valence-electron chi connectivity index (χ1n) is 7.54. The Hall–Kier alpha value is -1.68. The van der Waals surface area contributed by atoms with Crippen molar-refractivity contribution >= 4 is 0 Å². The number of alkyl halides is 24. The monoisotopic (exact) mass is 600 g/mol. The first-order valence-corrected chi connectivity index (χ1v) is 7.54. The fraction of sp³-hybridized carbons (Fsp3) is 1.00. The van der Waals surface area contributed by atoms with Crippen LogP contribution in [0, 0.1) is 0 Å². The minimum absolute atomic E-state index is 8.23. The summed E-state index contributed by atoms with van der Waals surface area (Å²) in [5.41, 5.74) is -19.4. The quantitative estimate of drug-likeness (QED) is 0.285. The van der Waals surface area contributed by atoms with Crippen molar-refractivity contribution in [1.82, 2.24) is 0 Å². The third-order valence-electron chi connectivity index (χ3n) is 4.89. The van der Waals surface area contributed by atoms with Crippen molar-refractivity contribution in [1.29, 1.82) is 0 Å². The largest absolute Gasteiger partial charge is 0.460 e. The van der Waals surface area contributed by atoms with E-state index in [0.29, 0.717) is 0 Å². The van der Waals surface area contributed by atoms with Gasteiger partial charge in [-0.2, -0.15) is 96.6 Å². The van der Waals surface area contributed by atoms with Crippen LogP contribution in [0.25, 0.3) is 0 Å². The molecule has 0 nitrogen and oxygen atoms in total. The second-order valence-corrected chi connectivity index (χ2v) is 6.91. The van der Waals surface area contributed by atoms with Crippen LogP contribution < -0.4 is 0 Å². The van der Waals surface area contributed by atoms with Gasteiger partial charge in [-0.3, -0.25) is 0 Å². The fourth-order valence-electron chi connectivity index (χ4n) is 2.84. The maximum absolute atomic E-state index is 14.3. The lowest BCUT2D eigenvalue weighted by Gasteiger charge is -2.49. The van der Waals surface area contributed by atoms with Crippen LogP contribution in [-0.4, -0.2) is 71.1 Å². The average molecular weight is 600 g/mol. The minimum atomic E-state index is -9.88. The standard InChI is InChI=1S/C12F24/c13-1(3(15,16)6(21,22)7(23,24)4(1,17)18)2(14,11(31,32)33)5(19,20)8(25,26)9(27,28)10(29,30)12(34,35)36. The van der Waals surface area contributed by atoms with Crippen molar-refractivity contribution in [2.45, 2.75) is 71.1 Å². The Morgan fingerprint density at radius 1 is 0.278 bits per heavy atom. The molecule has 0 heterocycles. The third-order valence-corrected chi connectivity index (χ3v) is 4.89. The summed E-state index contributed by atoms with van der Waals surface area (Å²) in [6, 6.07) is 0. The lowest BCUT2D eigenvalue weighted by atomic mass is 9.71. The highest BCUT2D eigenvalue weighted by molar-refractivity contribution is 5.37. The van der Waals surface area contributed by atoms with Gasteiger partial charge in [-0.1, -0.05) is 0 Å². The molecule has 0 aromatic heterocycles.